The van der Waals surface area contributed by atoms with E-state index in [1.807, 2.05) is 4.72 Å². The van der Waals surface area contributed by atoms with Gasteiger partial charge in [-0.25, -0.2) is 9.52 Å². The smallest absolute Gasteiger partial charge is 0.422 e. The third-order valence-electron chi connectivity index (χ3n) is 2.53. The Morgan fingerprint density at radius 2 is 2.11 bits per heavy atom. The van der Waals surface area contributed by atoms with E-state index in [4.69, 9.17) is 4.74 Å². The standard InChI is InChI=1S/C10H18N2O5S/c1-7(2)17-10(14)11-18(15,16)12-5-4-9(13)8(3)6-12/h7-8H,4-6H2,1-3H3,(H,11,14). The average molecular weight is 278 g/mol. The molecule has 1 fully saturated rings. The lowest BCUT2D eigenvalue weighted by Crippen LogP contribution is -2.49. The summed E-state index contributed by atoms with van der Waals surface area (Å²) in [6, 6.07) is 0. The molecule has 8 heteroatoms. The van der Waals surface area contributed by atoms with E-state index in [-0.39, 0.29) is 31.2 Å². The van der Waals surface area contributed by atoms with Gasteiger partial charge in [-0.1, -0.05) is 6.92 Å². The molecule has 7 nitrogen and oxygen atoms in total. The van der Waals surface area contributed by atoms with Crippen molar-refractivity contribution in [2.45, 2.75) is 33.3 Å². The molecule has 1 rings (SSSR count). The lowest BCUT2D eigenvalue weighted by Gasteiger charge is -2.28. The maximum absolute atomic E-state index is 11.8. The lowest BCUT2D eigenvalue weighted by molar-refractivity contribution is -0.124. The van der Waals surface area contributed by atoms with Crippen LogP contribution < -0.4 is 4.72 Å². The van der Waals surface area contributed by atoms with Crippen LogP contribution in [0, 0.1) is 5.92 Å². The molecule has 0 aromatic heterocycles. The van der Waals surface area contributed by atoms with E-state index >= 15 is 0 Å². The zero-order valence-electron chi connectivity index (χ0n) is 10.7. The number of rotatable bonds is 3. The maximum atomic E-state index is 11.8. The molecule has 1 saturated heterocycles. The minimum absolute atomic E-state index is 0.0335. The summed E-state index contributed by atoms with van der Waals surface area (Å²) in [5.41, 5.74) is 0. The number of nitrogens with zero attached hydrogens (tertiary/aromatic N) is 1. The summed E-state index contributed by atoms with van der Waals surface area (Å²) in [7, 11) is -3.93. The van der Waals surface area contributed by atoms with Crippen molar-refractivity contribution < 1.29 is 22.7 Å². The van der Waals surface area contributed by atoms with Crippen molar-refractivity contribution in [3.63, 3.8) is 0 Å². The van der Waals surface area contributed by atoms with Gasteiger partial charge < -0.3 is 4.74 Å². The Kier molecular flexibility index (Phi) is 4.69. The zero-order chi connectivity index (χ0) is 13.9. The van der Waals surface area contributed by atoms with E-state index in [0.717, 1.165) is 4.31 Å². The minimum Gasteiger partial charge on any atom is -0.446 e. The Bertz CT molecular complexity index is 432. The van der Waals surface area contributed by atoms with Gasteiger partial charge >= 0.3 is 16.3 Å². The van der Waals surface area contributed by atoms with Gasteiger partial charge in [-0.15, -0.1) is 0 Å². The summed E-state index contributed by atoms with van der Waals surface area (Å²) in [5, 5.41) is 0. The molecule has 1 aliphatic rings. The summed E-state index contributed by atoms with van der Waals surface area (Å²) in [5.74, 6) is -0.317. The van der Waals surface area contributed by atoms with Crippen LogP contribution in [-0.2, 0) is 19.7 Å². The van der Waals surface area contributed by atoms with E-state index in [1.54, 1.807) is 20.8 Å². The fourth-order valence-electron chi connectivity index (χ4n) is 1.61. The van der Waals surface area contributed by atoms with E-state index in [2.05, 4.69) is 0 Å². The summed E-state index contributed by atoms with van der Waals surface area (Å²) in [4.78, 5) is 22.6. The molecule has 1 aliphatic heterocycles. The quantitative estimate of drug-likeness (QED) is 0.800. The van der Waals surface area contributed by atoms with E-state index < -0.39 is 22.4 Å². The molecule has 1 N–H and O–H groups in total. The van der Waals surface area contributed by atoms with Gasteiger partial charge in [0.2, 0.25) is 0 Å². The first-order valence-electron chi connectivity index (χ1n) is 5.73. The third-order valence-corrected chi connectivity index (χ3v) is 3.97. The first-order valence-corrected chi connectivity index (χ1v) is 7.17. The monoisotopic (exact) mass is 278 g/mol. The number of hydrogen-bond donors (Lipinski definition) is 1. The number of ketones is 1. The Morgan fingerprint density at radius 1 is 1.50 bits per heavy atom. The van der Waals surface area contributed by atoms with Gasteiger partial charge in [-0.05, 0) is 13.8 Å². The number of amides is 1. The average Bonchev–Trinajstić information content (AvgIpc) is 2.19. The summed E-state index contributed by atoms with van der Waals surface area (Å²) < 4.78 is 31.3. The molecule has 18 heavy (non-hydrogen) atoms. The van der Waals surface area contributed by atoms with Crippen LogP contribution >= 0.6 is 0 Å². The van der Waals surface area contributed by atoms with Crippen LogP contribution in [0.5, 0.6) is 0 Å². The first-order chi connectivity index (χ1) is 8.22. The summed E-state index contributed by atoms with van der Waals surface area (Å²) in [6.45, 7) is 5.08. The number of piperidine rings is 1. The molecule has 0 spiro atoms. The number of carbonyl (C=O) groups excluding carboxylic acids is 2. The van der Waals surface area contributed by atoms with Gasteiger partial charge in [0.1, 0.15) is 5.78 Å². The molecule has 0 aromatic rings. The van der Waals surface area contributed by atoms with Crippen LogP contribution in [0.4, 0.5) is 4.79 Å². The highest BCUT2D eigenvalue weighted by Gasteiger charge is 2.32. The van der Waals surface area contributed by atoms with Crippen molar-refractivity contribution >= 4 is 22.1 Å². The van der Waals surface area contributed by atoms with E-state index in [0.29, 0.717) is 0 Å². The fraction of sp³-hybridized carbons (Fsp3) is 0.800. The highest BCUT2D eigenvalue weighted by atomic mass is 32.2. The number of hydrogen-bond acceptors (Lipinski definition) is 5. The van der Waals surface area contributed by atoms with Gasteiger partial charge in [0, 0.05) is 25.4 Å². The molecule has 1 heterocycles. The van der Waals surface area contributed by atoms with E-state index in [1.165, 1.54) is 0 Å². The predicted molar refractivity (Wildman–Crippen MR) is 64.0 cm³/mol. The molecular formula is C10H18N2O5S. The molecule has 1 unspecified atom stereocenters. The number of ether oxygens (including phenoxy) is 1. The second kappa shape index (κ2) is 5.66. The van der Waals surface area contributed by atoms with Crippen molar-refractivity contribution in [2.75, 3.05) is 13.1 Å². The first kappa shape index (κ1) is 14.9. The molecule has 0 aromatic carbocycles. The van der Waals surface area contributed by atoms with Gasteiger partial charge in [0.05, 0.1) is 6.10 Å². The summed E-state index contributed by atoms with van der Waals surface area (Å²) >= 11 is 0. The fourth-order valence-corrected chi connectivity index (χ4v) is 2.75. The van der Waals surface area contributed by atoms with Crippen molar-refractivity contribution in [3.8, 4) is 0 Å². The Labute approximate surface area is 107 Å². The SMILES string of the molecule is CC(C)OC(=O)NS(=O)(=O)N1CCC(=O)C(C)C1. The van der Waals surface area contributed by atoms with Crippen LogP contribution in [0.2, 0.25) is 0 Å². The Hall–Kier alpha value is -1.15. The molecule has 104 valence electrons. The van der Waals surface area contributed by atoms with Gasteiger partial charge in [0.25, 0.3) is 0 Å². The van der Waals surface area contributed by atoms with Crippen LogP contribution in [0.1, 0.15) is 27.2 Å². The summed E-state index contributed by atoms with van der Waals surface area (Å²) in [6.07, 6.45) is -1.24. The topological polar surface area (TPSA) is 92.8 Å². The Balaban J connectivity index is 2.64. The molecule has 1 atom stereocenters. The second-order valence-corrected chi connectivity index (χ2v) is 6.21. The maximum Gasteiger partial charge on any atom is 0.422 e. The highest BCUT2D eigenvalue weighted by Crippen LogP contribution is 2.14. The molecule has 0 radical (unpaired) electrons. The van der Waals surface area contributed by atoms with Crippen molar-refractivity contribution in [3.05, 3.63) is 0 Å². The van der Waals surface area contributed by atoms with Crippen LogP contribution in [-0.4, -0.2) is 43.8 Å². The minimum atomic E-state index is -3.93. The second-order valence-electron chi connectivity index (χ2n) is 4.54. The largest absolute Gasteiger partial charge is 0.446 e. The van der Waals surface area contributed by atoms with Crippen molar-refractivity contribution in [2.24, 2.45) is 5.92 Å². The van der Waals surface area contributed by atoms with Crippen molar-refractivity contribution in [1.29, 1.82) is 0 Å². The number of Topliss-reactive ketones (excluding diaryl/α,β-unsaturated/α-hetero) is 1. The third kappa shape index (κ3) is 3.95. The number of carbonyl (C=O) groups is 2. The normalized spacial score (nSPS) is 22.0. The van der Waals surface area contributed by atoms with Crippen molar-refractivity contribution in [1.82, 2.24) is 9.03 Å². The molecule has 0 bridgehead atoms. The molecule has 0 saturated carbocycles. The number of nitrogens with one attached hydrogen (secondary N) is 1. The Morgan fingerprint density at radius 3 is 2.61 bits per heavy atom. The molecule has 1 amide bonds. The zero-order valence-corrected chi connectivity index (χ0v) is 11.5. The van der Waals surface area contributed by atoms with Gasteiger partial charge in [-0.2, -0.15) is 12.7 Å². The predicted octanol–water partition coefficient (Wildman–Crippen LogP) is 0.277. The molecular weight excluding hydrogens is 260 g/mol. The van der Waals surface area contributed by atoms with E-state index in [9.17, 15) is 18.0 Å². The highest BCUT2D eigenvalue weighted by molar-refractivity contribution is 7.87. The molecule has 0 aliphatic carbocycles. The van der Waals surface area contributed by atoms with Gasteiger partial charge in [-0.3, -0.25) is 4.79 Å². The van der Waals surface area contributed by atoms with Crippen LogP contribution in [0.3, 0.4) is 0 Å². The van der Waals surface area contributed by atoms with Crippen LogP contribution in [0.15, 0.2) is 0 Å². The lowest BCUT2D eigenvalue weighted by atomic mass is 10.0. The van der Waals surface area contributed by atoms with Gasteiger partial charge in [0.15, 0.2) is 0 Å². The van der Waals surface area contributed by atoms with Crippen LogP contribution in [0.25, 0.3) is 0 Å².